The quantitative estimate of drug-likeness (QED) is 0.0545. The molecule has 1 aromatic rings. The Bertz CT molecular complexity index is 1410. The first-order chi connectivity index (χ1) is 27.8. The predicted octanol–water partition coefficient (Wildman–Crippen LogP) is 9.85. The zero-order chi connectivity index (χ0) is 40.4. The van der Waals surface area contributed by atoms with Crippen LogP contribution in [0.1, 0.15) is 146 Å². The van der Waals surface area contributed by atoms with Crippen LogP contribution in [-0.4, -0.2) is 63.5 Å². The lowest BCUT2D eigenvalue weighted by Crippen LogP contribution is -2.30. The fraction of sp³-hybridized carbons (Fsp3) is 0.745. The molecule has 0 aromatic heterocycles. The van der Waals surface area contributed by atoms with Crippen molar-refractivity contribution >= 4 is 23.9 Å². The summed E-state index contributed by atoms with van der Waals surface area (Å²) in [5.74, 6) is 2.78. The molecule has 0 N–H and O–H groups in total. The maximum atomic E-state index is 13.5. The van der Waals surface area contributed by atoms with Crippen molar-refractivity contribution in [2.24, 2.45) is 47.3 Å². The van der Waals surface area contributed by atoms with Gasteiger partial charge in [0.05, 0.1) is 38.3 Å². The van der Waals surface area contributed by atoms with E-state index in [0.29, 0.717) is 11.8 Å². The molecule has 0 heterocycles. The average Bonchev–Trinajstić information content (AvgIpc) is 3.25. The minimum Gasteiger partial charge on any atom is -0.460 e. The highest BCUT2D eigenvalue weighted by Gasteiger charge is 2.36. The number of esters is 4. The molecular formula is C47H70O10. The van der Waals surface area contributed by atoms with Gasteiger partial charge in [-0.2, -0.15) is 0 Å². The van der Waals surface area contributed by atoms with Gasteiger partial charge in [0.15, 0.2) is 0 Å². The molecule has 5 rings (SSSR count). The van der Waals surface area contributed by atoms with E-state index in [2.05, 4.69) is 20.4 Å². The molecule has 0 spiro atoms. The second-order valence-corrected chi connectivity index (χ2v) is 17.2. The fourth-order valence-electron chi connectivity index (χ4n) is 10.1. The van der Waals surface area contributed by atoms with Crippen molar-refractivity contribution in [3.63, 3.8) is 0 Å². The smallest absolute Gasteiger partial charge is 0.342 e. The van der Waals surface area contributed by atoms with Crippen molar-refractivity contribution in [2.75, 3.05) is 39.6 Å². The molecule has 4 fully saturated rings. The number of benzene rings is 1. The summed E-state index contributed by atoms with van der Waals surface area (Å²) >= 11 is 0. The molecular weight excluding hydrogens is 725 g/mol. The lowest BCUT2D eigenvalue weighted by atomic mass is 9.69. The molecule has 0 radical (unpaired) electrons. The molecule has 4 aliphatic rings. The Hall–Kier alpha value is -3.24. The first-order valence-corrected chi connectivity index (χ1v) is 22.5. The molecule has 10 nitrogen and oxygen atoms in total. The summed E-state index contributed by atoms with van der Waals surface area (Å²) in [5, 5.41) is 0. The number of carbonyl (C=O) groups excluding carboxylic acids is 4. The SMILES string of the molecule is C=CC(=O)OCCOCCOCCOC(=O)c1cc(OC(=O)C2CCC(C3CCC(CC)CC3)CC2)ccc1OC(=O)C1CCC(C2CCC(CCC)CC2)CC1. The Kier molecular flexibility index (Phi) is 18.9. The van der Waals surface area contributed by atoms with E-state index < -0.39 is 11.9 Å². The van der Waals surface area contributed by atoms with Gasteiger partial charge in [-0.3, -0.25) is 9.59 Å². The second kappa shape index (κ2) is 24.0. The van der Waals surface area contributed by atoms with E-state index in [9.17, 15) is 19.2 Å². The molecule has 57 heavy (non-hydrogen) atoms. The van der Waals surface area contributed by atoms with Crippen LogP contribution >= 0.6 is 0 Å². The van der Waals surface area contributed by atoms with Gasteiger partial charge in [-0.15, -0.1) is 0 Å². The minimum absolute atomic E-state index is 0.0370. The normalized spacial score (nSPS) is 27.8. The van der Waals surface area contributed by atoms with Gasteiger partial charge in [-0.25, -0.2) is 9.59 Å². The van der Waals surface area contributed by atoms with Crippen LogP contribution in [0.25, 0.3) is 0 Å². The van der Waals surface area contributed by atoms with Crippen LogP contribution in [0, 0.1) is 47.3 Å². The maximum absolute atomic E-state index is 13.5. The largest absolute Gasteiger partial charge is 0.460 e. The van der Waals surface area contributed by atoms with Crippen LogP contribution in [0.15, 0.2) is 30.9 Å². The third-order valence-electron chi connectivity index (χ3n) is 13.7. The Morgan fingerprint density at radius 1 is 0.596 bits per heavy atom. The molecule has 1 aromatic carbocycles. The van der Waals surface area contributed by atoms with Crippen LogP contribution in [0.3, 0.4) is 0 Å². The molecule has 0 saturated heterocycles. The van der Waals surface area contributed by atoms with E-state index in [1.807, 2.05) is 0 Å². The van der Waals surface area contributed by atoms with Gasteiger partial charge in [0.2, 0.25) is 0 Å². The third kappa shape index (κ3) is 14.2. The summed E-state index contributed by atoms with van der Waals surface area (Å²) in [6.07, 6.45) is 22.9. The molecule has 318 valence electrons. The predicted molar refractivity (Wildman–Crippen MR) is 218 cm³/mol. The maximum Gasteiger partial charge on any atom is 0.342 e. The first-order valence-electron chi connectivity index (χ1n) is 22.5. The van der Waals surface area contributed by atoms with Gasteiger partial charge in [0.1, 0.15) is 30.3 Å². The van der Waals surface area contributed by atoms with Gasteiger partial charge < -0.3 is 28.4 Å². The van der Waals surface area contributed by atoms with Gasteiger partial charge in [0.25, 0.3) is 0 Å². The standard InChI is InChI=1S/C47H70O10/c1-4-7-34-10-14-36(15-11-34)38-18-22-40(23-19-38)46(50)57-43-25-24-41(32-42(43)47(51)55-31-29-53-27-26-52-28-30-54-44(48)6-3)56-45(49)39-20-16-37(17-21-39)35-12-8-33(5-2)9-13-35/h6,24-25,32-40H,3-5,7-23,26-31H2,1-2H3. The summed E-state index contributed by atoms with van der Waals surface area (Å²) in [6.45, 7) is 8.87. The Morgan fingerprint density at radius 2 is 1.07 bits per heavy atom. The van der Waals surface area contributed by atoms with Crippen molar-refractivity contribution in [3.05, 3.63) is 36.4 Å². The third-order valence-corrected chi connectivity index (χ3v) is 13.7. The number of carbonyl (C=O) groups is 4. The van der Waals surface area contributed by atoms with E-state index in [0.717, 1.165) is 81.1 Å². The Labute approximate surface area is 341 Å². The van der Waals surface area contributed by atoms with Crippen molar-refractivity contribution in [3.8, 4) is 11.5 Å². The van der Waals surface area contributed by atoms with Crippen molar-refractivity contribution in [2.45, 2.75) is 136 Å². The van der Waals surface area contributed by atoms with Gasteiger partial charge in [-0.1, -0.05) is 65.4 Å². The van der Waals surface area contributed by atoms with Crippen LogP contribution in [-0.2, 0) is 33.3 Å². The highest BCUT2D eigenvalue weighted by Crippen LogP contribution is 2.44. The van der Waals surface area contributed by atoms with Crippen LogP contribution in [0.5, 0.6) is 11.5 Å². The number of rotatable bonds is 20. The van der Waals surface area contributed by atoms with Crippen LogP contribution in [0.2, 0.25) is 0 Å². The van der Waals surface area contributed by atoms with Gasteiger partial charge in [-0.05, 0) is 131 Å². The highest BCUT2D eigenvalue weighted by atomic mass is 16.6. The van der Waals surface area contributed by atoms with E-state index in [4.69, 9.17) is 28.4 Å². The molecule has 0 aliphatic heterocycles. The molecule has 4 aliphatic carbocycles. The zero-order valence-electron chi connectivity index (χ0n) is 34.9. The zero-order valence-corrected chi connectivity index (χ0v) is 34.9. The summed E-state index contributed by atoms with van der Waals surface area (Å²) in [6, 6.07) is 4.60. The summed E-state index contributed by atoms with van der Waals surface area (Å²) in [4.78, 5) is 51.5. The number of hydrogen-bond acceptors (Lipinski definition) is 10. The lowest BCUT2D eigenvalue weighted by Gasteiger charge is -2.37. The topological polar surface area (TPSA) is 124 Å². The van der Waals surface area contributed by atoms with E-state index in [1.165, 1.54) is 76.7 Å². The van der Waals surface area contributed by atoms with E-state index in [-0.39, 0.29) is 80.5 Å². The van der Waals surface area contributed by atoms with Gasteiger partial charge in [0, 0.05) is 6.08 Å². The summed E-state index contributed by atoms with van der Waals surface area (Å²) in [7, 11) is 0. The summed E-state index contributed by atoms with van der Waals surface area (Å²) in [5.41, 5.74) is 0.0370. The number of hydrogen-bond donors (Lipinski definition) is 0. The van der Waals surface area contributed by atoms with Crippen molar-refractivity contribution in [1.29, 1.82) is 0 Å². The number of ether oxygens (including phenoxy) is 6. The minimum atomic E-state index is -0.694. The Morgan fingerprint density at radius 3 is 1.58 bits per heavy atom. The van der Waals surface area contributed by atoms with E-state index in [1.54, 1.807) is 12.1 Å². The van der Waals surface area contributed by atoms with E-state index >= 15 is 0 Å². The average molecular weight is 795 g/mol. The molecule has 0 bridgehead atoms. The fourth-order valence-corrected chi connectivity index (χ4v) is 10.1. The molecule has 0 atom stereocenters. The van der Waals surface area contributed by atoms with Gasteiger partial charge >= 0.3 is 23.9 Å². The second-order valence-electron chi connectivity index (χ2n) is 17.2. The molecule has 0 unspecified atom stereocenters. The van der Waals surface area contributed by atoms with Crippen molar-refractivity contribution < 1.29 is 47.6 Å². The first kappa shape index (κ1) is 44.9. The highest BCUT2D eigenvalue weighted by molar-refractivity contribution is 5.94. The summed E-state index contributed by atoms with van der Waals surface area (Å²) < 4.78 is 33.1. The lowest BCUT2D eigenvalue weighted by molar-refractivity contribution is -0.141. The van der Waals surface area contributed by atoms with Crippen LogP contribution < -0.4 is 9.47 Å². The molecule has 10 heteroatoms. The molecule has 0 amide bonds. The molecule has 4 saturated carbocycles. The monoisotopic (exact) mass is 794 g/mol. The van der Waals surface area contributed by atoms with Crippen LogP contribution in [0.4, 0.5) is 0 Å². The van der Waals surface area contributed by atoms with Crippen molar-refractivity contribution in [1.82, 2.24) is 0 Å². The Balaban J connectivity index is 1.12.